The Labute approximate surface area is 113 Å². The van der Waals surface area contributed by atoms with Crippen molar-refractivity contribution >= 4 is 23.2 Å². The molecule has 19 heavy (non-hydrogen) atoms. The number of carbonyl (C=O) groups is 1. The van der Waals surface area contributed by atoms with Gasteiger partial charge in [-0.15, -0.1) is 0 Å². The van der Waals surface area contributed by atoms with Crippen LogP contribution in [0.1, 0.15) is 12.0 Å². The first kappa shape index (κ1) is 14.1. The summed E-state index contributed by atoms with van der Waals surface area (Å²) in [6, 6.07) is 3.01. The van der Waals surface area contributed by atoms with Crippen LogP contribution in [0, 0.1) is 5.92 Å². The van der Waals surface area contributed by atoms with Crippen molar-refractivity contribution in [2.24, 2.45) is 5.92 Å². The summed E-state index contributed by atoms with van der Waals surface area (Å²) in [5, 5.41) is 5.43. The second-order valence-corrected chi connectivity index (χ2v) is 4.84. The van der Waals surface area contributed by atoms with E-state index in [0.29, 0.717) is 13.0 Å². The fourth-order valence-electron chi connectivity index (χ4n) is 1.95. The van der Waals surface area contributed by atoms with E-state index in [1.165, 1.54) is 6.07 Å². The first-order chi connectivity index (χ1) is 8.86. The number of halogens is 4. The average molecular weight is 293 g/mol. The van der Waals surface area contributed by atoms with Gasteiger partial charge in [-0.1, -0.05) is 11.6 Å². The van der Waals surface area contributed by atoms with Crippen molar-refractivity contribution in [3.63, 3.8) is 0 Å². The predicted octanol–water partition coefficient (Wildman–Crippen LogP) is 2.91. The van der Waals surface area contributed by atoms with E-state index in [-0.39, 0.29) is 22.5 Å². The lowest BCUT2D eigenvalue weighted by atomic mass is 10.1. The van der Waals surface area contributed by atoms with Gasteiger partial charge in [0.2, 0.25) is 5.91 Å². The highest BCUT2D eigenvalue weighted by atomic mass is 35.5. The number of anilines is 1. The van der Waals surface area contributed by atoms with E-state index >= 15 is 0 Å². The molecule has 1 aromatic rings. The van der Waals surface area contributed by atoms with Crippen LogP contribution in [0.5, 0.6) is 0 Å². The molecule has 0 spiro atoms. The Morgan fingerprint density at radius 3 is 2.68 bits per heavy atom. The maximum absolute atomic E-state index is 12.6. The third kappa shape index (κ3) is 3.61. The third-order valence-corrected chi connectivity index (χ3v) is 3.14. The average Bonchev–Trinajstić information content (AvgIpc) is 2.80. The summed E-state index contributed by atoms with van der Waals surface area (Å²) in [6.07, 6.45) is -3.81. The lowest BCUT2D eigenvalue weighted by molar-refractivity contribution is -0.137. The van der Waals surface area contributed by atoms with Crippen LogP contribution in [0.2, 0.25) is 5.02 Å². The van der Waals surface area contributed by atoms with Crippen molar-refractivity contribution in [2.45, 2.75) is 12.6 Å². The van der Waals surface area contributed by atoms with Gasteiger partial charge >= 0.3 is 6.18 Å². The lowest BCUT2D eigenvalue weighted by Gasteiger charge is -2.13. The highest BCUT2D eigenvalue weighted by Gasteiger charge is 2.31. The normalized spacial score (nSPS) is 19.5. The molecule has 1 aliphatic rings. The smallest absolute Gasteiger partial charge is 0.326 e. The summed E-state index contributed by atoms with van der Waals surface area (Å²) in [5.41, 5.74) is -0.809. The first-order valence-corrected chi connectivity index (χ1v) is 6.13. The third-order valence-electron chi connectivity index (χ3n) is 2.92. The van der Waals surface area contributed by atoms with E-state index in [1.54, 1.807) is 0 Å². The van der Waals surface area contributed by atoms with Gasteiger partial charge in [0.15, 0.2) is 0 Å². The molecule has 0 radical (unpaired) electrons. The van der Waals surface area contributed by atoms with Crippen LogP contribution in [0.25, 0.3) is 0 Å². The molecule has 7 heteroatoms. The van der Waals surface area contributed by atoms with Crippen LogP contribution in [-0.4, -0.2) is 19.0 Å². The number of nitrogens with one attached hydrogen (secondary N) is 2. The molecular weight excluding hydrogens is 281 g/mol. The Morgan fingerprint density at radius 2 is 2.11 bits per heavy atom. The number of carbonyl (C=O) groups excluding carboxylic acids is 1. The van der Waals surface area contributed by atoms with Crippen molar-refractivity contribution in [2.75, 3.05) is 18.4 Å². The number of amides is 1. The van der Waals surface area contributed by atoms with Gasteiger partial charge in [-0.05, 0) is 31.2 Å². The molecule has 0 aliphatic carbocycles. The molecule has 1 atom stereocenters. The molecule has 0 aromatic heterocycles. The second-order valence-electron chi connectivity index (χ2n) is 4.41. The minimum atomic E-state index is -4.49. The van der Waals surface area contributed by atoms with E-state index < -0.39 is 11.7 Å². The zero-order valence-electron chi connectivity index (χ0n) is 9.85. The van der Waals surface area contributed by atoms with Gasteiger partial charge in [0.1, 0.15) is 0 Å². The van der Waals surface area contributed by atoms with Gasteiger partial charge in [-0.2, -0.15) is 13.2 Å². The van der Waals surface area contributed by atoms with Crippen LogP contribution in [0.15, 0.2) is 18.2 Å². The fourth-order valence-corrected chi connectivity index (χ4v) is 2.18. The van der Waals surface area contributed by atoms with Gasteiger partial charge in [-0.3, -0.25) is 4.79 Å². The number of rotatable bonds is 2. The molecule has 1 fully saturated rings. The minimum absolute atomic E-state index is 0.0605. The Balaban J connectivity index is 2.16. The summed E-state index contributed by atoms with van der Waals surface area (Å²) in [6.45, 7) is 1.28. The van der Waals surface area contributed by atoms with Crippen LogP contribution in [-0.2, 0) is 11.0 Å². The largest absolute Gasteiger partial charge is 0.416 e. The molecule has 1 heterocycles. The summed E-state index contributed by atoms with van der Waals surface area (Å²) < 4.78 is 37.8. The molecule has 0 bridgehead atoms. The zero-order chi connectivity index (χ0) is 14.0. The highest BCUT2D eigenvalue weighted by molar-refractivity contribution is 6.31. The second kappa shape index (κ2) is 5.38. The van der Waals surface area contributed by atoms with Crippen molar-refractivity contribution in [1.29, 1.82) is 0 Å². The summed E-state index contributed by atoms with van der Waals surface area (Å²) in [4.78, 5) is 11.8. The monoisotopic (exact) mass is 292 g/mol. The van der Waals surface area contributed by atoms with Crippen molar-refractivity contribution < 1.29 is 18.0 Å². The van der Waals surface area contributed by atoms with Gasteiger partial charge in [-0.25, -0.2) is 0 Å². The topological polar surface area (TPSA) is 41.1 Å². The molecule has 3 nitrogen and oxygen atoms in total. The molecule has 1 aliphatic heterocycles. The Bertz CT molecular complexity index is 484. The predicted molar refractivity (Wildman–Crippen MR) is 66.1 cm³/mol. The van der Waals surface area contributed by atoms with Crippen molar-refractivity contribution in [3.05, 3.63) is 28.8 Å². The van der Waals surface area contributed by atoms with E-state index in [0.717, 1.165) is 18.7 Å². The zero-order valence-corrected chi connectivity index (χ0v) is 10.6. The molecule has 1 unspecified atom stereocenters. The lowest BCUT2D eigenvalue weighted by Crippen LogP contribution is -2.24. The molecule has 2 N–H and O–H groups in total. The maximum Gasteiger partial charge on any atom is 0.416 e. The molecule has 1 aromatic carbocycles. The van der Waals surface area contributed by atoms with Crippen LogP contribution < -0.4 is 10.6 Å². The summed E-state index contributed by atoms with van der Waals surface area (Å²) >= 11 is 5.64. The molecule has 2 rings (SSSR count). The van der Waals surface area contributed by atoms with Gasteiger partial charge in [0.25, 0.3) is 0 Å². The fraction of sp³-hybridized carbons (Fsp3) is 0.417. The Hall–Kier alpha value is -1.27. The standard InChI is InChI=1S/C12H12ClF3N2O/c13-9-3-8(12(14,15)16)4-10(5-9)18-11(19)7-1-2-17-6-7/h3-5,7,17H,1-2,6H2,(H,18,19). The number of hydrogen-bond acceptors (Lipinski definition) is 2. The highest BCUT2D eigenvalue weighted by Crippen LogP contribution is 2.33. The number of alkyl halides is 3. The van der Waals surface area contributed by atoms with E-state index in [1.807, 2.05) is 0 Å². The molecule has 104 valence electrons. The number of benzene rings is 1. The molecule has 1 saturated heterocycles. The minimum Gasteiger partial charge on any atom is -0.326 e. The SMILES string of the molecule is O=C(Nc1cc(Cl)cc(C(F)(F)F)c1)C1CCNC1. The van der Waals surface area contributed by atoms with Crippen molar-refractivity contribution in [3.8, 4) is 0 Å². The molecular formula is C12H12ClF3N2O. The van der Waals surface area contributed by atoms with Gasteiger partial charge < -0.3 is 10.6 Å². The maximum atomic E-state index is 12.6. The van der Waals surface area contributed by atoms with Crippen molar-refractivity contribution in [1.82, 2.24) is 5.32 Å². The van der Waals surface area contributed by atoms with Crippen LogP contribution in [0.4, 0.5) is 18.9 Å². The summed E-state index contributed by atoms with van der Waals surface area (Å²) in [5.74, 6) is -0.506. The molecule has 1 amide bonds. The summed E-state index contributed by atoms with van der Waals surface area (Å²) in [7, 11) is 0. The number of hydrogen-bond donors (Lipinski definition) is 2. The Morgan fingerprint density at radius 1 is 1.37 bits per heavy atom. The first-order valence-electron chi connectivity index (χ1n) is 5.75. The Kier molecular flexibility index (Phi) is 4.01. The van der Waals surface area contributed by atoms with Crippen LogP contribution >= 0.6 is 11.6 Å². The van der Waals surface area contributed by atoms with E-state index in [9.17, 15) is 18.0 Å². The van der Waals surface area contributed by atoms with Crippen LogP contribution in [0.3, 0.4) is 0 Å². The van der Waals surface area contributed by atoms with Gasteiger partial charge in [0, 0.05) is 17.3 Å². The van der Waals surface area contributed by atoms with E-state index in [2.05, 4.69) is 10.6 Å². The molecule has 0 saturated carbocycles. The van der Waals surface area contributed by atoms with E-state index in [4.69, 9.17) is 11.6 Å². The quantitative estimate of drug-likeness (QED) is 0.880. The van der Waals surface area contributed by atoms with Gasteiger partial charge in [0.05, 0.1) is 11.5 Å².